The molecule has 1 heterocycles. The van der Waals surface area contributed by atoms with E-state index in [-0.39, 0.29) is 5.91 Å². The molecule has 154 valence electrons. The summed E-state index contributed by atoms with van der Waals surface area (Å²) in [5.74, 6) is 1.69. The van der Waals surface area contributed by atoms with Gasteiger partial charge in [0.05, 0.1) is 6.61 Å². The zero-order chi connectivity index (χ0) is 19.9. The lowest BCUT2D eigenvalue weighted by Gasteiger charge is -2.14. The van der Waals surface area contributed by atoms with Gasteiger partial charge in [-0.25, -0.2) is 0 Å². The lowest BCUT2D eigenvalue weighted by Crippen LogP contribution is -2.25. The first-order valence-electron chi connectivity index (χ1n) is 11.1. The summed E-state index contributed by atoms with van der Waals surface area (Å²) in [6.07, 6.45) is 7.35. The molecule has 0 bridgehead atoms. The number of hydrogen-bond acceptors (Lipinski definition) is 3. The standard InChI is InChI=1S/C25H32N2O2/c28-25(23-9-11-24(12-10-23)29-18-14-21-3-4-21)26-15-13-20-5-7-22(8-6-20)19-27-16-1-2-17-27/h5-12,21H,1-4,13-19H2,(H,26,28). The van der Waals surface area contributed by atoms with Crippen LogP contribution in [0.2, 0.25) is 0 Å². The average Bonchev–Trinajstić information content (AvgIpc) is 3.43. The highest BCUT2D eigenvalue weighted by Crippen LogP contribution is 2.32. The highest BCUT2D eigenvalue weighted by molar-refractivity contribution is 5.94. The normalized spacial score (nSPS) is 16.7. The zero-order valence-electron chi connectivity index (χ0n) is 17.2. The van der Waals surface area contributed by atoms with E-state index in [1.807, 2.05) is 24.3 Å². The van der Waals surface area contributed by atoms with Crippen molar-refractivity contribution in [3.05, 3.63) is 65.2 Å². The lowest BCUT2D eigenvalue weighted by atomic mass is 10.1. The van der Waals surface area contributed by atoms with E-state index >= 15 is 0 Å². The summed E-state index contributed by atoms with van der Waals surface area (Å²) in [6, 6.07) is 16.3. The van der Waals surface area contributed by atoms with Crippen molar-refractivity contribution in [1.29, 1.82) is 0 Å². The van der Waals surface area contributed by atoms with Gasteiger partial charge in [0.2, 0.25) is 0 Å². The Morgan fingerprint density at radius 1 is 0.966 bits per heavy atom. The molecule has 2 aromatic rings. The maximum atomic E-state index is 12.3. The number of carbonyl (C=O) groups is 1. The van der Waals surface area contributed by atoms with E-state index in [1.165, 1.54) is 49.9 Å². The fraction of sp³-hybridized carbons (Fsp3) is 0.480. The summed E-state index contributed by atoms with van der Waals surface area (Å²) in [7, 11) is 0. The number of nitrogens with zero attached hydrogens (tertiary/aromatic N) is 1. The molecule has 0 atom stereocenters. The van der Waals surface area contributed by atoms with Gasteiger partial charge in [0.25, 0.3) is 5.91 Å². The molecule has 4 rings (SSSR count). The van der Waals surface area contributed by atoms with Crippen LogP contribution < -0.4 is 10.1 Å². The van der Waals surface area contributed by atoms with Gasteiger partial charge in [0, 0.05) is 18.7 Å². The summed E-state index contributed by atoms with van der Waals surface area (Å²) in [5, 5.41) is 3.02. The van der Waals surface area contributed by atoms with Crippen LogP contribution in [0.15, 0.2) is 48.5 Å². The third-order valence-electron chi connectivity index (χ3n) is 5.94. The maximum Gasteiger partial charge on any atom is 0.251 e. The number of benzene rings is 2. The molecule has 1 aliphatic heterocycles. The van der Waals surface area contributed by atoms with Crippen molar-refractivity contribution in [3.8, 4) is 5.75 Å². The van der Waals surface area contributed by atoms with Crippen LogP contribution >= 0.6 is 0 Å². The number of carbonyl (C=O) groups excluding carboxylic acids is 1. The molecule has 1 aliphatic carbocycles. The molecule has 4 nitrogen and oxygen atoms in total. The van der Waals surface area contributed by atoms with E-state index in [0.717, 1.165) is 37.7 Å². The summed E-state index contributed by atoms with van der Waals surface area (Å²) in [4.78, 5) is 14.9. The van der Waals surface area contributed by atoms with Crippen LogP contribution in [0.3, 0.4) is 0 Å². The molecule has 1 saturated heterocycles. The highest BCUT2D eigenvalue weighted by atomic mass is 16.5. The number of nitrogens with one attached hydrogen (secondary N) is 1. The van der Waals surface area contributed by atoms with Gasteiger partial charge in [-0.1, -0.05) is 37.1 Å². The van der Waals surface area contributed by atoms with Gasteiger partial charge in [0.1, 0.15) is 5.75 Å². The first kappa shape index (κ1) is 20.0. The second kappa shape index (κ2) is 9.93. The fourth-order valence-electron chi connectivity index (χ4n) is 3.89. The summed E-state index contributed by atoms with van der Waals surface area (Å²) < 4.78 is 5.75. The second-order valence-corrected chi connectivity index (χ2v) is 8.41. The Bertz CT molecular complexity index is 775. The highest BCUT2D eigenvalue weighted by Gasteiger charge is 2.20. The van der Waals surface area contributed by atoms with Crippen molar-refractivity contribution in [2.24, 2.45) is 5.92 Å². The van der Waals surface area contributed by atoms with Crippen LogP contribution in [0.25, 0.3) is 0 Å². The first-order valence-corrected chi connectivity index (χ1v) is 11.1. The molecular formula is C25H32N2O2. The molecular weight excluding hydrogens is 360 g/mol. The topological polar surface area (TPSA) is 41.6 Å². The molecule has 0 aromatic heterocycles. The van der Waals surface area contributed by atoms with Crippen LogP contribution in [0.5, 0.6) is 5.75 Å². The molecule has 0 radical (unpaired) electrons. The summed E-state index contributed by atoms with van der Waals surface area (Å²) >= 11 is 0. The van der Waals surface area contributed by atoms with Gasteiger partial charge in [-0.05, 0) is 80.1 Å². The van der Waals surface area contributed by atoms with Crippen molar-refractivity contribution < 1.29 is 9.53 Å². The Morgan fingerprint density at radius 2 is 1.66 bits per heavy atom. The van der Waals surface area contributed by atoms with Crippen LogP contribution in [-0.4, -0.2) is 37.0 Å². The Balaban J connectivity index is 1.17. The average molecular weight is 393 g/mol. The molecule has 4 heteroatoms. The van der Waals surface area contributed by atoms with Crippen molar-refractivity contribution >= 4 is 5.91 Å². The van der Waals surface area contributed by atoms with Crippen molar-refractivity contribution in [2.45, 2.75) is 45.1 Å². The third-order valence-corrected chi connectivity index (χ3v) is 5.94. The second-order valence-electron chi connectivity index (χ2n) is 8.41. The zero-order valence-corrected chi connectivity index (χ0v) is 17.2. The molecule has 0 unspecified atom stereocenters. The largest absolute Gasteiger partial charge is 0.494 e. The minimum atomic E-state index is -0.0276. The lowest BCUT2D eigenvalue weighted by molar-refractivity contribution is 0.0954. The minimum absolute atomic E-state index is 0.0276. The Hall–Kier alpha value is -2.33. The van der Waals surface area contributed by atoms with Crippen LogP contribution in [0, 0.1) is 5.92 Å². The van der Waals surface area contributed by atoms with E-state index in [0.29, 0.717) is 12.1 Å². The first-order chi connectivity index (χ1) is 14.3. The maximum absolute atomic E-state index is 12.3. The molecule has 29 heavy (non-hydrogen) atoms. The number of ether oxygens (including phenoxy) is 1. The van der Waals surface area contributed by atoms with E-state index in [9.17, 15) is 4.79 Å². The summed E-state index contributed by atoms with van der Waals surface area (Å²) in [6.45, 7) is 4.91. The monoisotopic (exact) mass is 392 g/mol. The molecule has 1 amide bonds. The molecule has 2 fully saturated rings. The smallest absolute Gasteiger partial charge is 0.251 e. The van der Waals surface area contributed by atoms with E-state index in [4.69, 9.17) is 4.74 Å². The number of amides is 1. The third kappa shape index (κ3) is 6.33. The molecule has 0 spiro atoms. The van der Waals surface area contributed by atoms with Gasteiger partial charge in [-0.15, -0.1) is 0 Å². The Kier molecular flexibility index (Phi) is 6.83. The number of hydrogen-bond donors (Lipinski definition) is 1. The minimum Gasteiger partial charge on any atom is -0.494 e. The van der Waals surface area contributed by atoms with Crippen molar-refractivity contribution in [1.82, 2.24) is 10.2 Å². The predicted molar refractivity (Wildman–Crippen MR) is 116 cm³/mol. The quantitative estimate of drug-likeness (QED) is 0.650. The molecule has 2 aromatic carbocycles. The van der Waals surface area contributed by atoms with Crippen LogP contribution in [0.4, 0.5) is 0 Å². The number of likely N-dealkylation sites (tertiary alicyclic amines) is 1. The summed E-state index contributed by atoms with van der Waals surface area (Å²) in [5.41, 5.74) is 3.31. The fourth-order valence-corrected chi connectivity index (χ4v) is 3.89. The molecule has 2 aliphatic rings. The van der Waals surface area contributed by atoms with Gasteiger partial charge >= 0.3 is 0 Å². The van der Waals surface area contributed by atoms with Crippen LogP contribution in [0.1, 0.15) is 53.6 Å². The Morgan fingerprint density at radius 3 is 2.34 bits per heavy atom. The van der Waals surface area contributed by atoms with E-state index in [2.05, 4.69) is 34.5 Å². The van der Waals surface area contributed by atoms with Gasteiger partial charge < -0.3 is 10.1 Å². The van der Waals surface area contributed by atoms with Crippen molar-refractivity contribution in [2.75, 3.05) is 26.2 Å². The van der Waals surface area contributed by atoms with Gasteiger partial charge in [0.15, 0.2) is 0 Å². The molecule has 1 saturated carbocycles. The SMILES string of the molecule is O=C(NCCc1ccc(CN2CCCC2)cc1)c1ccc(OCCC2CC2)cc1. The van der Waals surface area contributed by atoms with E-state index in [1.54, 1.807) is 0 Å². The van der Waals surface area contributed by atoms with Crippen LogP contribution in [-0.2, 0) is 13.0 Å². The number of rotatable bonds is 10. The van der Waals surface area contributed by atoms with E-state index < -0.39 is 0 Å². The molecule has 1 N–H and O–H groups in total. The predicted octanol–water partition coefficient (Wildman–Crippen LogP) is 4.43. The van der Waals surface area contributed by atoms with Crippen molar-refractivity contribution in [3.63, 3.8) is 0 Å². The Labute approximate surface area is 174 Å². The van der Waals surface area contributed by atoms with Gasteiger partial charge in [-0.3, -0.25) is 9.69 Å². The van der Waals surface area contributed by atoms with Gasteiger partial charge in [-0.2, -0.15) is 0 Å².